The van der Waals surface area contributed by atoms with E-state index in [0.717, 1.165) is 32.1 Å². The van der Waals surface area contributed by atoms with Crippen LogP contribution >= 0.6 is 7.82 Å². The maximum absolute atomic E-state index is 10.9. The number of hydrogen-bond donors (Lipinski definition) is 2. The van der Waals surface area contributed by atoms with E-state index in [9.17, 15) is 4.57 Å². The average Bonchev–Trinajstić information content (AvgIpc) is 2.47. The van der Waals surface area contributed by atoms with E-state index in [2.05, 4.69) is 6.92 Å². The fraction of sp³-hybridized carbons (Fsp3) is 1.00. The monoisotopic (exact) mass is 374 g/mol. The summed E-state index contributed by atoms with van der Waals surface area (Å²) < 4.78 is 15.8. The molecule has 0 aromatic carbocycles. The maximum atomic E-state index is 10.9. The van der Waals surface area contributed by atoms with Crippen molar-refractivity contribution in [2.24, 2.45) is 0 Å². The summed E-state index contributed by atoms with van der Waals surface area (Å²) in [6.07, 6.45) is 17.7. The number of hydrogen-bond acceptors (Lipinski definition) is 2. The molecule has 142 valence electrons. The van der Waals surface area contributed by atoms with Gasteiger partial charge in [0.2, 0.25) is 0 Å². The van der Waals surface area contributed by atoms with Gasteiger partial charge >= 0.3 is 37.4 Å². The third-order valence-electron chi connectivity index (χ3n) is 4.28. The molecule has 0 fully saturated rings. The molecule has 0 radical (unpaired) electrons. The van der Waals surface area contributed by atoms with Crippen LogP contribution in [0.25, 0.3) is 0 Å². The Bertz CT molecular complexity index is 297. The van der Waals surface area contributed by atoms with Gasteiger partial charge < -0.3 is 9.79 Å². The summed E-state index contributed by atoms with van der Waals surface area (Å²) in [5, 5.41) is 0. The summed E-state index contributed by atoms with van der Waals surface area (Å²) in [5.41, 5.74) is 0. The molecule has 0 aromatic rings. The number of rotatable bonds is 17. The summed E-state index contributed by atoms with van der Waals surface area (Å²) in [7, 11) is -4.34. The van der Waals surface area contributed by atoms with E-state index in [1.165, 1.54) is 64.2 Å². The average molecular weight is 374 g/mol. The molecule has 6 heteroatoms. The molecule has 0 saturated heterocycles. The van der Waals surface area contributed by atoms with Gasteiger partial charge in [0, 0.05) is 0 Å². The molecule has 0 rings (SSSR count). The van der Waals surface area contributed by atoms with Gasteiger partial charge in [-0.3, -0.25) is 4.52 Å². The Balaban J connectivity index is 0. The van der Waals surface area contributed by atoms with Crippen LogP contribution in [0.1, 0.15) is 110 Å². The zero-order chi connectivity index (χ0) is 17.4. The van der Waals surface area contributed by atoms with Crippen LogP contribution in [0, 0.1) is 0 Å². The first-order valence-electron chi connectivity index (χ1n) is 9.73. The normalized spacial score (nSPS) is 12.8. The molecule has 0 bridgehead atoms. The number of unbranched alkanes of at least 4 members (excludes halogenated alkanes) is 11. The van der Waals surface area contributed by atoms with E-state index in [1.807, 2.05) is 6.92 Å². The van der Waals surface area contributed by atoms with Crippen molar-refractivity contribution in [1.29, 1.82) is 0 Å². The topological polar surface area (TPSA) is 66.8 Å². The van der Waals surface area contributed by atoms with Gasteiger partial charge in [-0.15, -0.1) is 0 Å². The van der Waals surface area contributed by atoms with Crippen molar-refractivity contribution in [2.45, 2.75) is 116 Å². The van der Waals surface area contributed by atoms with Crippen LogP contribution in [0.3, 0.4) is 0 Å². The number of phosphoric acid groups is 1. The van der Waals surface area contributed by atoms with E-state index in [-0.39, 0.29) is 35.7 Å². The number of phosphoric ester groups is 1. The van der Waals surface area contributed by atoms with Gasteiger partial charge in [0.05, 0.1) is 6.10 Å². The molecule has 0 aliphatic carbocycles. The molecule has 0 aromatic heterocycles. The first kappa shape index (κ1) is 27.3. The molecule has 0 amide bonds. The second-order valence-corrected chi connectivity index (χ2v) is 7.88. The molecule has 0 saturated carbocycles. The third-order valence-corrected chi connectivity index (χ3v) is 4.85. The van der Waals surface area contributed by atoms with Crippen molar-refractivity contribution in [3.05, 3.63) is 0 Å². The van der Waals surface area contributed by atoms with Crippen molar-refractivity contribution in [3.63, 3.8) is 0 Å². The second kappa shape index (κ2) is 18.9. The SMILES string of the molecule is CCCCCCCCCCCCCCC(CCC)OP(=O)(O)O.[NaH]. The molecule has 0 aliphatic rings. The standard InChI is InChI=1S/C18H39O4P.Na.H/c1-3-5-6-7-8-9-10-11-12-13-14-15-17-18(16-4-2)22-23(19,20)21;;/h18H,3-17H2,1-2H3,(H2,19,20,21);;. The van der Waals surface area contributed by atoms with Crippen LogP contribution in [0.15, 0.2) is 0 Å². The Labute approximate surface area is 172 Å². The van der Waals surface area contributed by atoms with Gasteiger partial charge in [0.25, 0.3) is 0 Å². The van der Waals surface area contributed by atoms with Crippen molar-refractivity contribution in [2.75, 3.05) is 0 Å². The first-order valence-corrected chi connectivity index (χ1v) is 11.3. The molecule has 1 atom stereocenters. The van der Waals surface area contributed by atoms with E-state index in [1.54, 1.807) is 0 Å². The van der Waals surface area contributed by atoms with Gasteiger partial charge in [-0.2, -0.15) is 0 Å². The minimum absolute atomic E-state index is 0. The van der Waals surface area contributed by atoms with Crippen LogP contribution in [0.2, 0.25) is 0 Å². The van der Waals surface area contributed by atoms with Crippen LogP contribution < -0.4 is 0 Å². The summed E-state index contributed by atoms with van der Waals surface area (Å²) in [4.78, 5) is 17.8. The van der Waals surface area contributed by atoms with Crippen LogP contribution in [0.5, 0.6) is 0 Å². The molecule has 24 heavy (non-hydrogen) atoms. The fourth-order valence-corrected chi connectivity index (χ4v) is 3.58. The van der Waals surface area contributed by atoms with Gasteiger partial charge in [-0.25, -0.2) is 4.57 Å². The molecule has 1 unspecified atom stereocenters. The van der Waals surface area contributed by atoms with E-state index in [4.69, 9.17) is 14.3 Å². The Morgan fingerprint density at radius 2 is 1.12 bits per heavy atom. The van der Waals surface area contributed by atoms with E-state index < -0.39 is 7.82 Å². The quantitative estimate of drug-likeness (QED) is 0.194. The molecule has 0 heterocycles. The summed E-state index contributed by atoms with van der Waals surface area (Å²) >= 11 is 0. The summed E-state index contributed by atoms with van der Waals surface area (Å²) in [5.74, 6) is 0. The molecule has 0 aliphatic heterocycles. The van der Waals surface area contributed by atoms with E-state index in [0.29, 0.717) is 0 Å². The minimum atomic E-state index is -4.34. The first-order chi connectivity index (χ1) is 11.0. The van der Waals surface area contributed by atoms with Crippen LogP contribution in [-0.2, 0) is 9.09 Å². The molecule has 2 N–H and O–H groups in total. The zero-order valence-corrected chi connectivity index (χ0v) is 16.2. The van der Waals surface area contributed by atoms with E-state index >= 15 is 0 Å². The summed E-state index contributed by atoms with van der Waals surface area (Å²) in [6.45, 7) is 4.26. The van der Waals surface area contributed by atoms with Gasteiger partial charge in [-0.1, -0.05) is 97.3 Å². The van der Waals surface area contributed by atoms with Gasteiger partial charge in [0.1, 0.15) is 0 Å². The predicted octanol–water partition coefficient (Wildman–Crippen LogP) is 5.71. The zero-order valence-electron chi connectivity index (χ0n) is 15.3. The Hall–Kier alpha value is 1.11. The molecular weight excluding hydrogens is 334 g/mol. The van der Waals surface area contributed by atoms with Crippen molar-refractivity contribution in [3.8, 4) is 0 Å². The van der Waals surface area contributed by atoms with Crippen LogP contribution in [-0.4, -0.2) is 45.4 Å². The molecule has 0 spiro atoms. The van der Waals surface area contributed by atoms with Crippen molar-refractivity contribution in [1.82, 2.24) is 0 Å². The fourth-order valence-electron chi connectivity index (χ4n) is 2.98. The van der Waals surface area contributed by atoms with Gasteiger partial charge in [0.15, 0.2) is 0 Å². The van der Waals surface area contributed by atoms with Crippen LogP contribution in [0.4, 0.5) is 0 Å². The predicted molar refractivity (Wildman–Crippen MR) is 105 cm³/mol. The molecular formula is C18H40NaO4P. The molecule has 4 nitrogen and oxygen atoms in total. The van der Waals surface area contributed by atoms with Crippen molar-refractivity contribution >= 4 is 37.4 Å². The second-order valence-electron chi connectivity index (χ2n) is 6.68. The van der Waals surface area contributed by atoms with Crippen molar-refractivity contribution < 1.29 is 18.9 Å². The summed E-state index contributed by atoms with van der Waals surface area (Å²) in [6, 6.07) is 0. The Morgan fingerprint density at radius 3 is 1.50 bits per heavy atom. The third kappa shape index (κ3) is 21.2. The Kier molecular flexibility index (Phi) is 21.5. The Morgan fingerprint density at radius 1 is 0.708 bits per heavy atom. The van der Waals surface area contributed by atoms with Gasteiger partial charge in [-0.05, 0) is 12.8 Å².